The molecule has 2 N–H and O–H groups in total. The largest absolute Gasteiger partial charge is 0.387 e. The molecule has 0 spiro atoms. The van der Waals surface area contributed by atoms with Crippen LogP contribution in [-0.4, -0.2) is 16.2 Å². The van der Waals surface area contributed by atoms with Gasteiger partial charge < -0.3 is 10.4 Å². The van der Waals surface area contributed by atoms with Crippen LogP contribution in [0, 0.1) is 24.1 Å². The average Bonchev–Trinajstić information content (AvgIpc) is 3.09. The Kier molecular flexibility index (Phi) is 3.58. The van der Waals surface area contributed by atoms with Crippen molar-refractivity contribution in [2.45, 2.75) is 63.5 Å². The molecule has 136 valence electrons. The fourth-order valence-electron chi connectivity index (χ4n) is 5.09. The van der Waals surface area contributed by atoms with E-state index in [1.54, 1.807) is 12.1 Å². The number of fused-ring (bicyclic) bond motifs is 3. The molecule has 0 amide bonds. The predicted octanol–water partition coefficient (Wildman–Crippen LogP) is 5.11. The quantitative estimate of drug-likeness (QED) is 0.733. The van der Waals surface area contributed by atoms with Crippen molar-refractivity contribution in [3.8, 4) is 16.5 Å². The Labute approximate surface area is 157 Å². The Morgan fingerprint density at radius 2 is 1.96 bits per heavy atom. The lowest BCUT2D eigenvalue weighted by Crippen LogP contribution is -2.65. The van der Waals surface area contributed by atoms with Gasteiger partial charge in [0.25, 0.3) is 0 Å². The average molecular weight is 370 g/mol. The number of hydrogen-bond acceptors (Lipinski definition) is 4. The Morgan fingerprint density at radius 1 is 1.23 bits per heavy atom. The Hall–Kier alpha value is -1.90. The number of aliphatic hydroxyl groups is 1. The van der Waals surface area contributed by atoms with E-state index in [2.05, 4.69) is 18.3 Å². The minimum absolute atomic E-state index is 0.298. The zero-order valence-electron chi connectivity index (χ0n) is 15.5. The maximum Gasteiger partial charge on any atom is 0.133 e. The van der Waals surface area contributed by atoms with Crippen molar-refractivity contribution >= 4 is 17.0 Å². The summed E-state index contributed by atoms with van der Waals surface area (Å²) < 4.78 is 15.0. The number of thiophene rings is 1. The van der Waals surface area contributed by atoms with E-state index in [1.165, 1.54) is 11.3 Å². The highest BCUT2D eigenvalue weighted by Crippen LogP contribution is 2.59. The third-order valence-corrected chi connectivity index (χ3v) is 7.76. The van der Waals surface area contributed by atoms with E-state index in [-0.39, 0.29) is 5.82 Å². The van der Waals surface area contributed by atoms with Crippen LogP contribution in [0.1, 0.15) is 56.0 Å². The molecule has 1 saturated carbocycles. The Bertz CT molecular complexity index is 958. The third kappa shape index (κ3) is 2.06. The molecule has 2 atom stereocenters. The number of benzene rings is 1. The molecule has 0 bridgehead atoms. The van der Waals surface area contributed by atoms with Gasteiger partial charge in [-0.25, -0.2) is 4.39 Å². The summed E-state index contributed by atoms with van der Waals surface area (Å²) >= 11 is 1.32. The first-order chi connectivity index (χ1) is 12.1. The molecule has 3 nitrogen and oxygen atoms in total. The second-order valence-electron chi connectivity index (χ2n) is 8.41. The molecule has 2 aliphatic rings. The van der Waals surface area contributed by atoms with E-state index in [1.807, 2.05) is 26.8 Å². The number of nitrogens with zero attached hydrogens (tertiary/aromatic N) is 1. The lowest BCUT2D eigenvalue weighted by molar-refractivity contribution is -0.0628. The number of aryl methyl sites for hydroxylation is 1. The number of rotatable bonds is 1. The van der Waals surface area contributed by atoms with Gasteiger partial charge in [-0.15, -0.1) is 11.3 Å². The van der Waals surface area contributed by atoms with Crippen LogP contribution in [0.4, 0.5) is 10.1 Å². The normalized spacial score (nSPS) is 28.8. The van der Waals surface area contributed by atoms with E-state index in [4.69, 9.17) is 5.26 Å². The smallest absolute Gasteiger partial charge is 0.133 e. The topological polar surface area (TPSA) is 56.0 Å². The van der Waals surface area contributed by atoms with Crippen molar-refractivity contribution < 1.29 is 9.50 Å². The Morgan fingerprint density at radius 3 is 2.62 bits per heavy atom. The van der Waals surface area contributed by atoms with Crippen molar-refractivity contribution in [3.05, 3.63) is 40.0 Å². The molecule has 1 aliphatic carbocycles. The van der Waals surface area contributed by atoms with Crippen LogP contribution < -0.4 is 5.32 Å². The lowest BCUT2D eigenvalue weighted by atomic mass is 9.60. The van der Waals surface area contributed by atoms with Gasteiger partial charge in [0.05, 0.1) is 11.1 Å². The van der Waals surface area contributed by atoms with Gasteiger partial charge in [-0.2, -0.15) is 5.26 Å². The minimum Gasteiger partial charge on any atom is -0.387 e. The maximum atomic E-state index is 15.0. The summed E-state index contributed by atoms with van der Waals surface area (Å²) in [7, 11) is 0. The fraction of sp³-hybridized carbons (Fsp3) is 0.476. The molecule has 4 rings (SSSR count). The molecule has 2 aromatic rings. The molecule has 1 aromatic carbocycles. The van der Waals surface area contributed by atoms with E-state index >= 15 is 0 Å². The van der Waals surface area contributed by atoms with Crippen molar-refractivity contribution in [3.63, 3.8) is 0 Å². The van der Waals surface area contributed by atoms with Crippen LogP contribution >= 0.6 is 11.3 Å². The molecular weight excluding hydrogens is 347 g/mol. The molecule has 1 aromatic heterocycles. The fourth-order valence-corrected chi connectivity index (χ4v) is 6.08. The molecule has 26 heavy (non-hydrogen) atoms. The van der Waals surface area contributed by atoms with Crippen LogP contribution in [0.2, 0.25) is 0 Å². The van der Waals surface area contributed by atoms with Crippen LogP contribution in [0.3, 0.4) is 0 Å². The summed E-state index contributed by atoms with van der Waals surface area (Å²) in [5, 5.41) is 24.1. The molecule has 5 heteroatoms. The molecule has 0 radical (unpaired) electrons. The van der Waals surface area contributed by atoms with Crippen molar-refractivity contribution in [2.24, 2.45) is 0 Å². The molecule has 2 unspecified atom stereocenters. The molecule has 1 aliphatic heterocycles. The summed E-state index contributed by atoms with van der Waals surface area (Å²) in [6, 6.07) is 7.39. The summed E-state index contributed by atoms with van der Waals surface area (Å²) in [4.78, 5) is 1.37. The van der Waals surface area contributed by atoms with Crippen LogP contribution in [-0.2, 0) is 5.41 Å². The number of hydrogen-bond donors (Lipinski definition) is 2. The Balaban J connectivity index is 1.96. The van der Waals surface area contributed by atoms with Crippen LogP contribution in [0.15, 0.2) is 18.2 Å². The van der Waals surface area contributed by atoms with Crippen LogP contribution in [0.5, 0.6) is 0 Å². The van der Waals surface area contributed by atoms with E-state index in [0.717, 1.165) is 41.0 Å². The minimum atomic E-state index is -0.885. The van der Waals surface area contributed by atoms with E-state index in [9.17, 15) is 9.50 Å². The van der Waals surface area contributed by atoms with E-state index in [0.29, 0.717) is 10.4 Å². The monoisotopic (exact) mass is 370 g/mol. The summed E-state index contributed by atoms with van der Waals surface area (Å²) in [5.74, 6) is -0.298. The molecule has 2 heterocycles. The van der Waals surface area contributed by atoms with Gasteiger partial charge in [0.15, 0.2) is 0 Å². The van der Waals surface area contributed by atoms with Gasteiger partial charge in [-0.05, 0) is 69.4 Å². The summed E-state index contributed by atoms with van der Waals surface area (Å²) in [5.41, 5.74) is 1.31. The third-order valence-electron chi connectivity index (χ3n) is 6.58. The lowest BCUT2D eigenvalue weighted by Gasteiger charge is -2.55. The summed E-state index contributed by atoms with van der Waals surface area (Å²) in [6.45, 7) is 7.99. The van der Waals surface area contributed by atoms with Crippen LogP contribution in [0.25, 0.3) is 10.4 Å². The van der Waals surface area contributed by atoms with Crippen molar-refractivity contribution in [1.29, 1.82) is 5.26 Å². The SMILES string of the molecule is Cc1cc(C#N)sc1-c1cc2c(cc1F)NC(C)(C)C1(O)CCCC21C. The summed E-state index contributed by atoms with van der Waals surface area (Å²) in [6.07, 6.45) is 2.55. The second-order valence-corrected chi connectivity index (χ2v) is 9.46. The van der Waals surface area contributed by atoms with Gasteiger partial charge >= 0.3 is 0 Å². The zero-order chi connectivity index (χ0) is 18.9. The van der Waals surface area contributed by atoms with Gasteiger partial charge in [0.1, 0.15) is 16.8 Å². The zero-order valence-corrected chi connectivity index (χ0v) is 16.4. The second kappa shape index (κ2) is 5.31. The van der Waals surface area contributed by atoms with Crippen molar-refractivity contribution in [2.75, 3.05) is 5.32 Å². The van der Waals surface area contributed by atoms with Gasteiger partial charge in [0.2, 0.25) is 0 Å². The van der Waals surface area contributed by atoms with Gasteiger partial charge in [-0.1, -0.05) is 6.92 Å². The highest BCUT2D eigenvalue weighted by Gasteiger charge is 2.62. The number of nitriles is 1. The molecule has 1 fully saturated rings. The maximum absolute atomic E-state index is 15.0. The first kappa shape index (κ1) is 17.5. The highest BCUT2D eigenvalue weighted by atomic mass is 32.1. The van der Waals surface area contributed by atoms with Gasteiger partial charge in [0, 0.05) is 21.5 Å². The van der Waals surface area contributed by atoms with Gasteiger partial charge in [-0.3, -0.25) is 0 Å². The standard InChI is InChI=1S/C21H23FN2OS/c1-12-8-13(11-23)26-18(12)14-9-15-17(10-16(14)22)24-19(2,3)21(25)7-5-6-20(15,21)4/h8-10,24-25H,5-7H2,1-4H3. The first-order valence-corrected chi connectivity index (χ1v) is 9.80. The number of nitrogens with one attached hydrogen (secondary N) is 1. The van der Waals surface area contributed by atoms with Crippen molar-refractivity contribution in [1.82, 2.24) is 0 Å². The number of halogens is 1. The van der Waals surface area contributed by atoms with E-state index < -0.39 is 16.6 Å². The first-order valence-electron chi connectivity index (χ1n) is 8.98. The number of anilines is 1. The molecular formula is C21H23FN2OS. The molecule has 0 saturated heterocycles. The predicted molar refractivity (Wildman–Crippen MR) is 103 cm³/mol. The highest BCUT2D eigenvalue weighted by molar-refractivity contribution is 7.16.